The average Bonchev–Trinajstić information content (AvgIpc) is 2.72. The largest absolute Gasteiger partial charge is 0.352 e. The van der Waals surface area contributed by atoms with Gasteiger partial charge in [0, 0.05) is 12.7 Å². The van der Waals surface area contributed by atoms with Crippen LogP contribution in [-0.2, 0) is 5.54 Å². The minimum atomic E-state index is -0.0926. The standard InChI is InChI=1S/C12H22N4O/c1-12(2,3)16-9-10(8-15-16)11(17)14-7-5-6-13-4/h8-9,13H,5-7H2,1-4H3,(H,14,17). The van der Waals surface area contributed by atoms with Crippen molar-refractivity contribution in [3.8, 4) is 0 Å². The molecule has 0 radical (unpaired) electrons. The molecule has 17 heavy (non-hydrogen) atoms. The molecule has 1 heterocycles. The number of rotatable bonds is 5. The number of carbonyl (C=O) groups is 1. The summed E-state index contributed by atoms with van der Waals surface area (Å²) >= 11 is 0. The fraction of sp³-hybridized carbons (Fsp3) is 0.667. The van der Waals surface area contributed by atoms with Crippen molar-refractivity contribution in [1.29, 1.82) is 0 Å². The van der Waals surface area contributed by atoms with E-state index >= 15 is 0 Å². The average molecular weight is 238 g/mol. The number of hydrogen-bond donors (Lipinski definition) is 2. The van der Waals surface area contributed by atoms with Crippen LogP contribution in [0.5, 0.6) is 0 Å². The highest BCUT2D eigenvalue weighted by atomic mass is 16.1. The summed E-state index contributed by atoms with van der Waals surface area (Å²) < 4.78 is 1.80. The first-order chi connectivity index (χ1) is 7.95. The zero-order valence-electron chi connectivity index (χ0n) is 11.1. The topological polar surface area (TPSA) is 58.9 Å². The first-order valence-corrected chi connectivity index (χ1v) is 5.93. The minimum Gasteiger partial charge on any atom is -0.352 e. The van der Waals surface area contributed by atoms with Crippen molar-refractivity contribution < 1.29 is 4.79 Å². The molecule has 0 aliphatic rings. The lowest BCUT2D eigenvalue weighted by atomic mass is 10.1. The van der Waals surface area contributed by atoms with Crippen molar-refractivity contribution in [2.24, 2.45) is 0 Å². The van der Waals surface area contributed by atoms with E-state index in [-0.39, 0.29) is 11.4 Å². The van der Waals surface area contributed by atoms with E-state index in [9.17, 15) is 4.79 Å². The molecule has 0 aromatic carbocycles. The molecular weight excluding hydrogens is 216 g/mol. The molecule has 0 saturated carbocycles. The molecule has 0 aliphatic carbocycles. The summed E-state index contributed by atoms with van der Waals surface area (Å²) in [5.41, 5.74) is 0.523. The zero-order valence-corrected chi connectivity index (χ0v) is 11.1. The Morgan fingerprint density at radius 3 is 2.65 bits per heavy atom. The van der Waals surface area contributed by atoms with Crippen molar-refractivity contribution in [2.75, 3.05) is 20.1 Å². The Morgan fingerprint density at radius 1 is 1.41 bits per heavy atom. The van der Waals surface area contributed by atoms with Gasteiger partial charge in [-0.2, -0.15) is 5.10 Å². The lowest BCUT2D eigenvalue weighted by molar-refractivity contribution is 0.0953. The molecule has 0 saturated heterocycles. The van der Waals surface area contributed by atoms with Crippen LogP contribution in [0.2, 0.25) is 0 Å². The van der Waals surface area contributed by atoms with Gasteiger partial charge in [0.1, 0.15) is 0 Å². The van der Waals surface area contributed by atoms with Gasteiger partial charge in [-0.25, -0.2) is 0 Å². The number of aromatic nitrogens is 2. The molecule has 0 fully saturated rings. The summed E-state index contributed by atoms with van der Waals surface area (Å²) in [4.78, 5) is 11.8. The van der Waals surface area contributed by atoms with Gasteiger partial charge in [-0.15, -0.1) is 0 Å². The van der Waals surface area contributed by atoms with Crippen molar-refractivity contribution in [1.82, 2.24) is 20.4 Å². The molecule has 5 heteroatoms. The summed E-state index contributed by atoms with van der Waals surface area (Å²) in [5, 5.41) is 10.1. The molecular formula is C12H22N4O. The lowest BCUT2D eigenvalue weighted by Gasteiger charge is -2.18. The number of nitrogens with one attached hydrogen (secondary N) is 2. The first-order valence-electron chi connectivity index (χ1n) is 5.93. The number of hydrogen-bond acceptors (Lipinski definition) is 3. The third kappa shape index (κ3) is 4.19. The van der Waals surface area contributed by atoms with Crippen LogP contribution in [0.1, 0.15) is 37.6 Å². The predicted molar refractivity (Wildman–Crippen MR) is 68.1 cm³/mol. The van der Waals surface area contributed by atoms with E-state index in [0.29, 0.717) is 12.1 Å². The van der Waals surface area contributed by atoms with Gasteiger partial charge in [0.05, 0.1) is 17.3 Å². The zero-order chi connectivity index (χ0) is 12.9. The van der Waals surface area contributed by atoms with Gasteiger partial charge in [-0.1, -0.05) is 0 Å². The van der Waals surface area contributed by atoms with Gasteiger partial charge in [0.15, 0.2) is 0 Å². The third-order valence-corrected chi connectivity index (χ3v) is 2.42. The molecule has 1 aromatic heterocycles. The Bertz CT molecular complexity index is 365. The van der Waals surface area contributed by atoms with E-state index in [1.807, 2.05) is 7.05 Å². The van der Waals surface area contributed by atoms with Crippen molar-refractivity contribution in [2.45, 2.75) is 32.7 Å². The highest BCUT2D eigenvalue weighted by molar-refractivity contribution is 5.93. The van der Waals surface area contributed by atoms with Gasteiger partial charge in [-0.05, 0) is 40.8 Å². The summed E-state index contributed by atoms with van der Waals surface area (Å²) in [6.45, 7) is 7.74. The second kappa shape index (κ2) is 5.82. The van der Waals surface area contributed by atoms with Crippen molar-refractivity contribution in [3.63, 3.8) is 0 Å². The van der Waals surface area contributed by atoms with Gasteiger partial charge in [-0.3, -0.25) is 9.48 Å². The summed E-state index contributed by atoms with van der Waals surface area (Å²) in [6, 6.07) is 0. The van der Waals surface area contributed by atoms with E-state index in [0.717, 1.165) is 13.0 Å². The molecule has 96 valence electrons. The maximum atomic E-state index is 11.8. The fourth-order valence-corrected chi connectivity index (χ4v) is 1.38. The molecule has 0 atom stereocenters. The molecule has 5 nitrogen and oxygen atoms in total. The quantitative estimate of drug-likeness (QED) is 0.752. The highest BCUT2D eigenvalue weighted by Crippen LogP contribution is 2.12. The van der Waals surface area contributed by atoms with Crippen molar-refractivity contribution >= 4 is 5.91 Å². The molecule has 1 aromatic rings. The summed E-state index contributed by atoms with van der Waals surface area (Å²) in [6.07, 6.45) is 4.32. The second-order valence-electron chi connectivity index (χ2n) is 5.06. The summed E-state index contributed by atoms with van der Waals surface area (Å²) in [5.74, 6) is -0.0587. The second-order valence-corrected chi connectivity index (χ2v) is 5.06. The van der Waals surface area contributed by atoms with Crippen LogP contribution in [0.4, 0.5) is 0 Å². The van der Waals surface area contributed by atoms with Gasteiger partial charge < -0.3 is 10.6 Å². The molecule has 0 unspecified atom stereocenters. The lowest BCUT2D eigenvalue weighted by Crippen LogP contribution is -2.26. The Hall–Kier alpha value is -1.36. The maximum Gasteiger partial charge on any atom is 0.254 e. The maximum absolute atomic E-state index is 11.8. The van der Waals surface area contributed by atoms with Crippen LogP contribution in [0.25, 0.3) is 0 Å². The van der Waals surface area contributed by atoms with E-state index in [1.165, 1.54) is 0 Å². The molecule has 0 bridgehead atoms. The van der Waals surface area contributed by atoms with Crippen LogP contribution in [0.3, 0.4) is 0 Å². The van der Waals surface area contributed by atoms with E-state index in [4.69, 9.17) is 0 Å². The molecule has 2 N–H and O–H groups in total. The first kappa shape index (κ1) is 13.7. The van der Waals surface area contributed by atoms with E-state index in [1.54, 1.807) is 17.1 Å². The molecule has 0 aliphatic heterocycles. The number of nitrogens with zero attached hydrogens (tertiary/aromatic N) is 2. The SMILES string of the molecule is CNCCCNC(=O)c1cnn(C(C)(C)C)c1. The van der Waals surface area contributed by atoms with Crippen LogP contribution in [0, 0.1) is 0 Å². The van der Waals surface area contributed by atoms with Gasteiger partial charge in [0.25, 0.3) is 5.91 Å². The Kier molecular flexibility index (Phi) is 4.69. The van der Waals surface area contributed by atoms with Crippen LogP contribution >= 0.6 is 0 Å². The number of carbonyl (C=O) groups excluding carboxylic acids is 1. The summed E-state index contributed by atoms with van der Waals surface area (Å²) in [7, 11) is 1.90. The fourth-order valence-electron chi connectivity index (χ4n) is 1.38. The van der Waals surface area contributed by atoms with E-state index in [2.05, 4.69) is 36.5 Å². The van der Waals surface area contributed by atoms with Gasteiger partial charge in [0.2, 0.25) is 0 Å². The highest BCUT2D eigenvalue weighted by Gasteiger charge is 2.16. The Labute approximate surface area is 103 Å². The van der Waals surface area contributed by atoms with E-state index < -0.39 is 0 Å². The normalized spacial score (nSPS) is 11.5. The smallest absolute Gasteiger partial charge is 0.254 e. The monoisotopic (exact) mass is 238 g/mol. The van der Waals surface area contributed by atoms with Crippen LogP contribution < -0.4 is 10.6 Å². The number of amides is 1. The Balaban J connectivity index is 2.50. The van der Waals surface area contributed by atoms with Gasteiger partial charge >= 0.3 is 0 Å². The molecule has 1 rings (SSSR count). The third-order valence-electron chi connectivity index (χ3n) is 2.42. The minimum absolute atomic E-state index is 0.0587. The van der Waals surface area contributed by atoms with Crippen LogP contribution in [0.15, 0.2) is 12.4 Å². The molecule has 0 spiro atoms. The van der Waals surface area contributed by atoms with Crippen LogP contribution in [-0.4, -0.2) is 35.8 Å². The Morgan fingerprint density at radius 2 is 2.12 bits per heavy atom. The predicted octanol–water partition coefficient (Wildman–Crippen LogP) is 0.977. The van der Waals surface area contributed by atoms with Crippen molar-refractivity contribution in [3.05, 3.63) is 18.0 Å². The molecule has 1 amide bonds.